The van der Waals surface area contributed by atoms with E-state index in [1.807, 2.05) is 6.08 Å². The Bertz CT molecular complexity index is 101. The molecule has 2 radical (unpaired) electrons. The highest BCUT2D eigenvalue weighted by Crippen LogP contribution is 2.22. The topological polar surface area (TPSA) is 0 Å². The maximum Gasteiger partial charge on any atom is 0.113 e. The normalized spacial score (nSPS) is 37.6. The molecule has 42 valence electrons. The SMILES string of the molecule is [B]C1CCC=CC1F. The van der Waals surface area contributed by atoms with Gasteiger partial charge in [-0.05, 0) is 12.2 Å². The summed E-state index contributed by atoms with van der Waals surface area (Å²) >= 11 is 0. The minimum absolute atomic E-state index is 0.250. The molecule has 1 aliphatic rings. The molecule has 8 heavy (non-hydrogen) atoms. The fourth-order valence-electron chi connectivity index (χ4n) is 0.817. The van der Waals surface area contributed by atoms with Gasteiger partial charge in [0.25, 0.3) is 0 Å². The van der Waals surface area contributed by atoms with Crippen molar-refractivity contribution in [1.82, 2.24) is 0 Å². The van der Waals surface area contributed by atoms with Crippen molar-refractivity contribution in [2.75, 3.05) is 0 Å². The van der Waals surface area contributed by atoms with Crippen LogP contribution in [0.25, 0.3) is 0 Å². The highest BCUT2D eigenvalue weighted by molar-refractivity contribution is 6.12. The molecule has 1 rings (SSSR count). The van der Waals surface area contributed by atoms with Crippen LogP contribution in [0.1, 0.15) is 12.8 Å². The molecule has 1 aliphatic carbocycles. The molecule has 2 unspecified atom stereocenters. The monoisotopic (exact) mass is 110 g/mol. The Morgan fingerprint density at radius 3 is 2.75 bits per heavy atom. The Balaban J connectivity index is 2.47. The molecule has 0 aromatic carbocycles. The number of rotatable bonds is 0. The Kier molecular flexibility index (Phi) is 1.71. The van der Waals surface area contributed by atoms with E-state index in [2.05, 4.69) is 0 Å². The molecular weight excluding hydrogens is 102 g/mol. The predicted molar refractivity (Wildman–Crippen MR) is 32.8 cm³/mol. The van der Waals surface area contributed by atoms with Gasteiger partial charge in [0.05, 0.1) is 7.85 Å². The van der Waals surface area contributed by atoms with Crippen LogP contribution in [0, 0.1) is 0 Å². The van der Waals surface area contributed by atoms with Crippen molar-refractivity contribution in [3.63, 3.8) is 0 Å². The average molecular weight is 110 g/mol. The van der Waals surface area contributed by atoms with Crippen molar-refractivity contribution in [1.29, 1.82) is 0 Å². The van der Waals surface area contributed by atoms with E-state index in [9.17, 15) is 4.39 Å². The Hall–Kier alpha value is -0.265. The molecule has 2 atom stereocenters. The first-order valence-electron chi connectivity index (χ1n) is 2.87. The molecule has 0 aromatic rings. The molecular formula is C6H8BF. The number of allylic oxidation sites excluding steroid dienone is 2. The van der Waals surface area contributed by atoms with Gasteiger partial charge in [0.1, 0.15) is 6.17 Å². The molecule has 0 fully saturated rings. The third kappa shape index (κ3) is 1.12. The Morgan fingerprint density at radius 1 is 1.62 bits per heavy atom. The highest BCUT2D eigenvalue weighted by atomic mass is 19.1. The van der Waals surface area contributed by atoms with Crippen molar-refractivity contribution in [2.24, 2.45) is 0 Å². The maximum atomic E-state index is 12.4. The number of hydrogen-bond acceptors (Lipinski definition) is 0. The lowest BCUT2D eigenvalue weighted by Gasteiger charge is -2.16. The third-order valence-corrected chi connectivity index (χ3v) is 1.40. The van der Waals surface area contributed by atoms with E-state index in [1.165, 1.54) is 6.08 Å². The van der Waals surface area contributed by atoms with Crippen LogP contribution in [-0.2, 0) is 0 Å². The van der Waals surface area contributed by atoms with Gasteiger partial charge < -0.3 is 0 Å². The first-order valence-corrected chi connectivity index (χ1v) is 2.87. The lowest BCUT2D eigenvalue weighted by atomic mass is 9.77. The van der Waals surface area contributed by atoms with Crippen LogP contribution in [0.4, 0.5) is 4.39 Å². The smallest absolute Gasteiger partial charge is 0.113 e. The molecule has 0 heterocycles. The van der Waals surface area contributed by atoms with E-state index in [1.54, 1.807) is 0 Å². The van der Waals surface area contributed by atoms with Crippen LogP contribution in [0.2, 0.25) is 5.82 Å². The van der Waals surface area contributed by atoms with Gasteiger partial charge >= 0.3 is 0 Å². The molecule has 0 saturated carbocycles. The Labute approximate surface area is 50.2 Å². The molecule has 2 heteroatoms. The summed E-state index contributed by atoms with van der Waals surface area (Å²) in [7, 11) is 5.35. The summed E-state index contributed by atoms with van der Waals surface area (Å²) in [6, 6.07) is 0. The molecule has 0 N–H and O–H groups in total. The summed E-state index contributed by atoms with van der Waals surface area (Å²) in [5, 5.41) is 0. The fourth-order valence-corrected chi connectivity index (χ4v) is 0.817. The van der Waals surface area contributed by atoms with Gasteiger partial charge in [0, 0.05) is 0 Å². The quantitative estimate of drug-likeness (QED) is 0.328. The van der Waals surface area contributed by atoms with Gasteiger partial charge in [-0.25, -0.2) is 4.39 Å². The van der Waals surface area contributed by atoms with Crippen molar-refractivity contribution in [3.05, 3.63) is 12.2 Å². The van der Waals surface area contributed by atoms with E-state index in [0.29, 0.717) is 0 Å². The van der Waals surface area contributed by atoms with Gasteiger partial charge in [-0.1, -0.05) is 18.6 Å². The number of halogens is 1. The van der Waals surface area contributed by atoms with Crippen LogP contribution < -0.4 is 0 Å². The third-order valence-electron chi connectivity index (χ3n) is 1.40. The van der Waals surface area contributed by atoms with E-state index in [-0.39, 0.29) is 5.82 Å². The van der Waals surface area contributed by atoms with Crippen LogP contribution in [0.15, 0.2) is 12.2 Å². The number of alkyl halides is 1. The summed E-state index contributed by atoms with van der Waals surface area (Å²) in [5.74, 6) is -0.250. The molecule has 0 bridgehead atoms. The van der Waals surface area contributed by atoms with Gasteiger partial charge in [0.15, 0.2) is 0 Å². The first kappa shape index (κ1) is 5.86. The predicted octanol–water partition coefficient (Wildman–Crippen LogP) is 1.63. The second-order valence-electron chi connectivity index (χ2n) is 2.11. The summed E-state index contributed by atoms with van der Waals surface area (Å²) in [5.41, 5.74) is 0. The first-order chi connectivity index (χ1) is 3.80. The summed E-state index contributed by atoms with van der Waals surface area (Å²) < 4.78 is 12.4. The summed E-state index contributed by atoms with van der Waals surface area (Å²) in [4.78, 5) is 0. The largest absolute Gasteiger partial charge is 0.243 e. The standard InChI is InChI=1S/C6H8BF/c7-5-3-1-2-4-6(5)8/h2,4-6H,1,3H2. The fraction of sp³-hybridized carbons (Fsp3) is 0.667. The molecule has 0 amide bonds. The summed E-state index contributed by atoms with van der Waals surface area (Å²) in [6.07, 6.45) is 4.20. The molecule has 0 spiro atoms. The summed E-state index contributed by atoms with van der Waals surface area (Å²) in [6.45, 7) is 0. The van der Waals surface area contributed by atoms with Crippen LogP contribution >= 0.6 is 0 Å². The minimum Gasteiger partial charge on any atom is -0.243 e. The second-order valence-corrected chi connectivity index (χ2v) is 2.11. The minimum atomic E-state index is -0.899. The van der Waals surface area contributed by atoms with Crippen LogP contribution in [0.3, 0.4) is 0 Å². The molecule has 0 nitrogen and oxygen atoms in total. The van der Waals surface area contributed by atoms with Crippen molar-refractivity contribution < 1.29 is 4.39 Å². The van der Waals surface area contributed by atoms with E-state index in [4.69, 9.17) is 7.85 Å². The van der Waals surface area contributed by atoms with Crippen molar-refractivity contribution in [2.45, 2.75) is 24.8 Å². The lowest BCUT2D eigenvalue weighted by molar-refractivity contribution is 0.362. The Morgan fingerprint density at radius 2 is 2.38 bits per heavy atom. The lowest BCUT2D eigenvalue weighted by Crippen LogP contribution is -2.10. The van der Waals surface area contributed by atoms with E-state index in [0.717, 1.165) is 12.8 Å². The van der Waals surface area contributed by atoms with Crippen LogP contribution in [-0.4, -0.2) is 14.0 Å². The van der Waals surface area contributed by atoms with Gasteiger partial charge in [0.2, 0.25) is 0 Å². The zero-order chi connectivity index (χ0) is 5.98. The van der Waals surface area contributed by atoms with Crippen molar-refractivity contribution >= 4 is 7.85 Å². The van der Waals surface area contributed by atoms with E-state index < -0.39 is 6.17 Å². The highest BCUT2D eigenvalue weighted by Gasteiger charge is 2.14. The molecule has 0 saturated heterocycles. The van der Waals surface area contributed by atoms with Crippen LogP contribution in [0.5, 0.6) is 0 Å². The average Bonchev–Trinajstić information content (AvgIpc) is 1.77. The number of hydrogen-bond donors (Lipinski definition) is 0. The van der Waals surface area contributed by atoms with Gasteiger partial charge in [-0.2, -0.15) is 0 Å². The maximum absolute atomic E-state index is 12.4. The zero-order valence-electron chi connectivity index (χ0n) is 4.68. The second kappa shape index (κ2) is 2.34. The molecule has 0 aliphatic heterocycles. The van der Waals surface area contributed by atoms with Gasteiger partial charge in [-0.3, -0.25) is 0 Å². The zero-order valence-corrected chi connectivity index (χ0v) is 4.68. The van der Waals surface area contributed by atoms with E-state index >= 15 is 0 Å². The van der Waals surface area contributed by atoms with Crippen molar-refractivity contribution in [3.8, 4) is 0 Å². The molecule has 0 aromatic heterocycles. The van der Waals surface area contributed by atoms with Gasteiger partial charge in [-0.15, -0.1) is 0 Å².